The summed E-state index contributed by atoms with van der Waals surface area (Å²) < 4.78 is 1.40. The molecular weight excluding hydrogens is 301 g/mol. The Balaban J connectivity index is 2.26. The zero-order valence-corrected chi connectivity index (χ0v) is 11.4. The third-order valence-corrected chi connectivity index (χ3v) is 3.33. The summed E-state index contributed by atoms with van der Waals surface area (Å²) in [5, 5.41) is 14.3. The molecule has 7 heteroatoms. The first kappa shape index (κ1) is 12.9. The van der Waals surface area contributed by atoms with E-state index in [1.54, 1.807) is 30.5 Å². The highest BCUT2D eigenvalue weighted by molar-refractivity contribution is 6.35. The molecule has 0 fully saturated rings. The minimum atomic E-state index is -1.06. The quantitative estimate of drug-likeness (QED) is 0.788. The van der Waals surface area contributed by atoms with E-state index in [0.29, 0.717) is 21.4 Å². The van der Waals surface area contributed by atoms with E-state index in [2.05, 4.69) is 10.1 Å². The number of carboxylic acid groups (broad SMARTS) is 1. The number of nitrogens with zero attached hydrogens (tertiary/aromatic N) is 3. The lowest BCUT2D eigenvalue weighted by molar-refractivity contribution is 0.0698. The molecule has 0 atom stereocenters. The van der Waals surface area contributed by atoms with Crippen LogP contribution < -0.4 is 0 Å². The van der Waals surface area contributed by atoms with E-state index in [1.807, 2.05) is 0 Å². The van der Waals surface area contributed by atoms with Crippen molar-refractivity contribution in [1.82, 2.24) is 14.6 Å². The lowest BCUT2D eigenvalue weighted by Crippen LogP contribution is -2.00. The number of carboxylic acids is 1. The smallest absolute Gasteiger partial charge is 0.339 e. The number of aromatic nitrogens is 3. The third kappa shape index (κ3) is 2.11. The van der Waals surface area contributed by atoms with Gasteiger partial charge in [-0.1, -0.05) is 23.2 Å². The summed E-state index contributed by atoms with van der Waals surface area (Å²) in [5.74, 6) is -0.738. The van der Waals surface area contributed by atoms with Gasteiger partial charge >= 0.3 is 5.97 Å². The first-order chi connectivity index (χ1) is 9.56. The molecule has 100 valence electrons. The molecule has 2 heterocycles. The van der Waals surface area contributed by atoms with E-state index in [1.165, 1.54) is 10.6 Å². The van der Waals surface area contributed by atoms with E-state index >= 15 is 0 Å². The zero-order chi connectivity index (χ0) is 14.3. The summed E-state index contributed by atoms with van der Waals surface area (Å²) in [5.41, 5.74) is 0.884. The maximum Gasteiger partial charge on any atom is 0.339 e. The van der Waals surface area contributed by atoms with E-state index in [9.17, 15) is 4.79 Å². The molecule has 0 saturated heterocycles. The van der Waals surface area contributed by atoms with Gasteiger partial charge in [0.15, 0.2) is 11.5 Å². The van der Waals surface area contributed by atoms with Crippen molar-refractivity contribution in [3.63, 3.8) is 0 Å². The second kappa shape index (κ2) is 4.77. The van der Waals surface area contributed by atoms with Crippen LogP contribution in [0.25, 0.3) is 17.0 Å². The van der Waals surface area contributed by atoms with Crippen LogP contribution in [-0.2, 0) is 0 Å². The van der Waals surface area contributed by atoms with Crippen LogP contribution in [0.15, 0.2) is 36.5 Å². The monoisotopic (exact) mass is 307 g/mol. The molecule has 0 amide bonds. The number of aromatic carboxylic acids is 1. The number of hydrogen-bond acceptors (Lipinski definition) is 3. The third-order valence-electron chi connectivity index (χ3n) is 2.76. The molecule has 3 aromatic rings. The number of halogens is 2. The molecule has 0 aliphatic rings. The Kier molecular flexibility index (Phi) is 3.08. The topological polar surface area (TPSA) is 67.5 Å². The molecule has 0 spiro atoms. The van der Waals surface area contributed by atoms with Gasteiger partial charge in [-0.3, -0.25) is 0 Å². The van der Waals surface area contributed by atoms with Crippen LogP contribution in [0.5, 0.6) is 0 Å². The van der Waals surface area contributed by atoms with Gasteiger partial charge in [0.25, 0.3) is 0 Å². The fourth-order valence-corrected chi connectivity index (χ4v) is 2.23. The minimum Gasteiger partial charge on any atom is -0.478 e. The van der Waals surface area contributed by atoms with Crippen molar-refractivity contribution < 1.29 is 9.90 Å². The van der Waals surface area contributed by atoms with Crippen LogP contribution in [0.4, 0.5) is 0 Å². The standard InChI is InChI=1S/C13H7Cl2N3O2/c14-7-3-4-10(15)9(6-7)11-16-12-8(13(19)20)2-1-5-18(12)17-11/h1-6H,(H,19,20). The van der Waals surface area contributed by atoms with Gasteiger partial charge in [0, 0.05) is 16.8 Å². The predicted octanol–water partition coefficient (Wildman–Crippen LogP) is 3.40. The second-order valence-electron chi connectivity index (χ2n) is 4.05. The number of benzene rings is 1. The summed E-state index contributed by atoms with van der Waals surface area (Å²) >= 11 is 12.0. The molecule has 2 aromatic heterocycles. The maximum atomic E-state index is 11.2. The van der Waals surface area contributed by atoms with Gasteiger partial charge in [-0.15, -0.1) is 5.10 Å². The predicted molar refractivity (Wildman–Crippen MR) is 75.4 cm³/mol. The van der Waals surface area contributed by atoms with E-state index < -0.39 is 5.97 Å². The average Bonchev–Trinajstić information content (AvgIpc) is 2.84. The highest BCUT2D eigenvalue weighted by Gasteiger charge is 2.15. The summed E-state index contributed by atoms with van der Waals surface area (Å²) in [6, 6.07) is 8.00. The fraction of sp³-hybridized carbons (Fsp3) is 0. The molecule has 0 radical (unpaired) electrons. The minimum absolute atomic E-state index is 0.0735. The fourth-order valence-electron chi connectivity index (χ4n) is 1.86. The van der Waals surface area contributed by atoms with Crippen molar-refractivity contribution in [2.45, 2.75) is 0 Å². The maximum absolute atomic E-state index is 11.2. The SMILES string of the molecule is O=C(O)c1cccn2nc(-c3cc(Cl)ccc3Cl)nc12. The van der Waals surface area contributed by atoms with Gasteiger partial charge in [0.1, 0.15) is 5.56 Å². The highest BCUT2D eigenvalue weighted by atomic mass is 35.5. The molecule has 3 rings (SSSR count). The summed E-state index contributed by atoms with van der Waals surface area (Å²) in [4.78, 5) is 15.4. The molecule has 1 aromatic carbocycles. The van der Waals surface area contributed by atoms with Crippen molar-refractivity contribution in [2.24, 2.45) is 0 Å². The van der Waals surface area contributed by atoms with Crippen molar-refractivity contribution in [3.8, 4) is 11.4 Å². The highest BCUT2D eigenvalue weighted by Crippen LogP contribution is 2.29. The van der Waals surface area contributed by atoms with Gasteiger partial charge in [0.05, 0.1) is 5.02 Å². The van der Waals surface area contributed by atoms with Gasteiger partial charge in [-0.2, -0.15) is 0 Å². The molecule has 0 bridgehead atoms. The van der Waals surface area contributed by atoms with Crippen molar-refractivity contribution in [2.75, 3.05) is 0 Å². The van der Waals surface area contributed by atoms with E-state index in [-0.39, 0.29) is 11.2 Å². The van der Waals surface area contributed by atoms with Crippen LogP contribution in [0, 0.1) is 0 Å². The summed E-state index contributed by atoms with van der Waals surface area (Å²) in [6.07, 6.45) is 1.62. The van der Waals surface area contributed by atoms with Gasteiger partial charge in [0.2, 0.25) is 0 Å². The van der Waals surface area contributed by atoms with Crippen LogP contribution in [0.1, 0.15) is 10.4 Å². The zero-order valence-electron chi connectivity index (χ0n) is 9.92. The van der Waals surface area contributed by atoms with Crippen LogP contribution in [0.3, 0.4) is 0 Å². The Bertz CT molecular complexity index is 830. The van der Waals surface area contributed by atoms with Crippen molar-refractivity contribution >= 4 is 34.8 Å². The Morgan fingerprint density at radius 3 is 2.80 bits per heavy atom. The molecule has 0 saturated carbocycles. The molecule has 1 N–H and O–H groups in total. The van der Waals surface area contributed by atoms with E-state index in [0.717, 1.165) is 0 Å². The first-order valence-electron chi connectivity index (χ1n) is 5.60. The van der Waals surface area contributed by atoms with Crippen LogP contribution >= 0.6 is 23.2 Å². The Hall–Kier alpha value is -2.11. The Morgan fingerprint density at radius 1 is 1.25 bits per heavy atom. The molecule has 0 aliphatic heterocycles. The number of rotatable bonds is 2. The summed E-state index contributed by atoms with van der Waals surface area (Å²) in [6.45, 7) is 0. The lowest BCUT2D eigenvalue weighted by Gasteiger charge is -1.99. The van der Waals surface area contributed by atoms with Crippen LogP contribution in [-0.4, -0.2) is 25.7 Å². The second-order valence-corrected chi connectivity index (χ2v) is 4.90. The van der Waals surface area contributed by atoms with Crippen molar-refractivity contribution in [1.29, 1.82) is 0 Å². The Labute approximate surface area is 123 Å². The summed E-state index contributed by atoms with van der Waals surface area (Å²) in [7, 11) is 0. The number of pyridine rings is 1. The molecule has 20 heavy (non-hydrogen) atoms. The van der Waals surface area contributed by atoms with Crippen molar-refractivity contribution in [3.05, 3.63) is 52.1 Å². The largest absolute Gasteiger partial charge is 0.478 e. The number of hydrogen-bond donors (Lipinski definition) is 1. The van der Waals surface area contributed by atoms with Gasteiger partial charge < -0.3 is 5.11 Å². The van der Waals surface area contributed by atoms with Crippen LogP contribution in [0.2, 0.25) is 10.0 Å². The lowest BCUT2D eigenvalue weighted by atomic mass is 10.2. The molecule has 0 aliphatic carbocycles. The average molecular weight is 308 g/mol. The molecular formula is C13H7Cl2N3O2. The van der Waals surface area contributed by atoms with Gasteiger partial charge in [-0.05, 0) is 30.3 Å². The number of carbonyl (C=O) groups is 1. The van der Waals surface area contributed by atoms with E-state index in [4.69, 9.17) is 28.3 Å². The molecule has 5 nitrogen and oxygen atoms in total. The number of fused-ring (bicyclic) bond motifs is 1. The normalized spacial score (nSPS) is 10.9. The Morgan fingerprint density at radius 2 is 2.05 bits per heavy atom. The van der Waals surface area contributed by atoms with Gasteiger partial charge in [-0.25, -0.2) is 14.3 Å². The molecule has 0 unspecified atom stereocenters. The first-order valence-corrected chi connectivity index (χ1v) is 6.36.